The minimum atomic E-state index is 0.254. The molecule has 1 atom stereocenters. The van der Waals surface area contributed by atoms with E-state index >= 15 is 0 Å². The third kappa shape index (κ3) is 2.56. The number of aryl methyl sites for hydroxylation is 2. The third-order valence-electron chi connectivity index (χ3n) is 3.13. The van der Waals surface area contributed by atoms with E-state index in [0.29, 0.717) is 5.88 Å². The normalized spacial score (nSPS) is 21.5. The first kappa shape index (κ1) is 12.3. The SMILES string of the molecule is COc1nc(C)nc(C)c1C1CN(C)CCN1. The van der Waals surface area contributed by atoms with Gasteiger partial charge in [-0.05, 0) is 20.9 Å². The summed E-state index contributed by atoms with van der Waals surface area (Å²) in [7, 11) is 3.79. The van der Waals surface area contributed by atoms with Crippen LogP contribution in [0.15, 0.2) is 0 Å². The van der Waals surface area contributed by atoms with Gasteiger partial charge in [0.1, 0.15) is 5.82 Å². The molecule has 1 saturated heterocycles. The van der Waals surface area contributed by atoms with Crippen LogP contribution in [0.25, 0.3) is 0 Å². The van der Waals surface area contributed by atoms with Crippen LogP contribution in [0, 0.1) is 13.8 Å². The molecule has 0 spiro atoms. The smallest absolute Gasteiger partial charge is 0.221 e. The molecule has 1 N–H and O–H groups in total. The Bertz CT molecular complexity index is 408. The molecule has 94 valence electrons. The van der Waals surface area contributed by atoms with Crippen molar-refractivity contribution in [3.8, 4) is 5.88 Å². The Morgan fingerprint density at radius 3 is 2.76 bits per heavy atom. The van der Waals surface area contributed by atoms with Crippen LogP contribution in [-0.4, -0.2) is 48.7 Å². The first-order valence-electron chi connectivity index (χ1n) is 5.93. The molecule has 1 aromatic heterocycles. The highest BCUT2D eigenvalue weighted by Crippen LogP contribution is 2.27. The first-order valence-corrected chi connectivity index (χ1v) is 5.93. The van der Waals surface area contributed by atoms with Gasteiger partial charge in [-0.1, -0.05) is 0 Å². The largest absolute Gasteiger partial charge is 0.481 e. The second-order valence-electron chi connectivity index (χ2n) is 4.55. The van der Waals surface area contributed by atoms with Gasteiger partial charge in [-0.25, -0.2) is 4.98 Å². The fourth-order valence-electron chi connectivity index (χ4n) is 2.34. The Balaban J connectivity index is 2.36. The minimum Gasteiger partial charge on any atom is -0.481 e. The van der Waals surface area contributed by atoms with Crippen molar-refractivity contribution in [2.24, 2.45) is 0 Å². The number of aromatic nitrogens is 2. The average Bonchev–Trinajstić information content (AvgIpc) is 2.27. The van der Waals surface area contributed by atoms with E-state index in [4.69, 9.17) is 4.74 Å². The fraction of sp³-hybridized carbons (Fsp3) is 0.667. The molecule has 0 saturated carbocycles. The molecule has 1 fully saturated rings. The summed E-state index contributed by atoms with van der Waals surface area (Å²) >= 11 is 0. The van der Waals surface area contributed by atoms with Crippen LogP contribution in [0.4, 0.5) is 0 Å². The molecule has 17 heavy (non-hydrogen) atoms. The van der Waals surface area contributed by atoms with Gasteiger partial charge in [-0.2, -0.15) is 4.98 Å². The number of hydrogen-bond donors (Lipinski definition) is 1. The summed E-state index contributed by atoms with van der Waals surface area (Å²) in [6.07, 6.45) is 0. The maximum atomic E-state index is 5.39. The molecule has 2 rings (SSSR count). The highest BCUT2D eigenvalue weighted by molar-refractivity contribution is 5.34. The molecule has 5 heteroatoms. The lowest BCUT2D eigenvalue weighted by molar-refractivity contribution is 0.235. The quantitative estimate of drug-likeness (QED) is 0.818. The first-order chi connectivity index (χ1) is 8.11. The molecule has 5 nitrogen and oxygen atoms in total. The van der Waals surface area contributed by atoms with E-state index in [1.54, 1.807) is 7.11 Å². The van der Waals surface area contributed by atoms with Gasteiger partial charge in [0.05, 0.1) is 18.7 Å². The second-order valence-corrected chi connectivity index (χ2v) is 4.55. The number of nitrogens with zero attached hydrogens (tertiary/aromatic N) is 3. The maximum Gasteiger partial charge on any atom is 0.221 e. The third-order valence-corrected chi connectivity index (χ3v) is 3.13. The molecule has 0 aliphatic carbocycles. The van der Waals surface area contributed by atoms with E-state index in [2.05, 4.69) is 27.2 Å². The Morgan fingerprint density at radius 1 is 1.35 bits per heavy atom. The fourth-order valence-corrected chi connectivity index (χ4v) is 2.34. The molecule has 0 aromatic carbocycles. The summed E-state index contributed by atoms with van der Waals surface area (Å²) in [4.78, 5) is 11.1. The van der Waals surface area contributed by atoms with Crippen LogP contribution in [0.1, 0.15) is 23.1 Å². The Morgan fingerprint density at radius 2 is 2.12 bits per heavy atom. The number of piperazine rings is 1. The molecule has 2 heterocycles. The Kier molecular flexibility index (Phi) is 3.59. The van der Waals surface area contributed by atoms with Gasteiger partial charge in [-0.3, -0.25) is 0 Å². The van der Waals surface area contributed by atoms with E-state index in [0.717, 1.165) is 36.7 Å². The van der Waals surface area contributed by atoms with Crippen molar-refractivity contribution in [3.05, 3.63) is 17.1 Å². The summed E-state index contributed by atoms with van der Waals surface area (Å²) in [5.74, 6) is 1.45. The topological polar surface area (TPSA) is 50.3 Å². The molecule has 1 unspecified atom stereocenters. The van der Waals surface area contributed by atoms with E-state index < -0.39 is 0 Å². The monoisotopic (exact) mass is 236 g/mol. The second kappa shape index (κ2) is 4.98. The zero-order valence-corrected chi connectivity index (χ0v) is 10.9. The summed E-state index contributed by atoms with van der Waals surface area (Å²) in [5, 5.41) is 3.50. The maximum absolute atomic E-state index is 5.39. The summed E-state index contributed by atoms with van der Waals surface area (Å²) < 4.78 is 5.39. The van der Waals surface area contributed by atoms with E-state index in [1.807, 2.05) is 13.8 Å². The lowest BCUT2D eigenvalue weighted by atomic mass is 10.0. The molecular formula is C12H20N4O. The zero-order chi connectivity index (χ0) is 12.4. The standard InChI is InChI=1S/C12H20N4O/c1-8-11(10-7-16(3)6-5-13-10)12(17-4)15-9(2)14-8/h10,13H,5-7H2,1-4H3. The number of nitrogens with one attached hydrogen (secondary N) is 1. The molecule has 1 aliphatic rings. The Labute approximate surface area is 102 Å². The van der Waals surface area contributed by atoms with E-state index in [1.165, 1.54) is 0 Å². The van der Waals surface area contributed by atoms with Crippen molar-refractivity contribution in [1.82, 2.24) is 20.2 Å². The van der Waals surface area contributed by atoms with Crippen molar-refractivity contribution >= 4 is 0 Å². The van der Waals surface area contributed by atoms with Crippen LogP contribution in [0.2, 0.25) is 0 Å². The van der Waals surface area contributed by atoms with Gasteiger partial charge in [0.15, 0.2) is 0 Å². The van der Waals surface area contributed by atoms with Crippen molar-refractivity contribution in [2.75, 3.05) is 33.8 Å². The summed E-state index contributed by atoms with van der Waals surface area (Å²) in [6, 6.07) is 0.254. The predicted molar refractivity (Wildman–Crippen MR) is 66.3 cm³/mol. The molecule has 1 aliphatic heterocycles. The van der Waals surface area contributed by atoms with Crippen molar-refractivity contribution in [1.29, 1.82) is 0 Å². The number of methoxy groups -OCH3 is 1. The molecule has 0 radical (unpaired) electrons. The lowest BCUT2D eigenvalue weighted by Crippen LogP contribution is -2.44. The van der Waals surface area contributed by atoms with Crippen LogP contribution in [0.5, 0.6) is 5.88 Å². The number of rotatable bonds is 2. The zero-order valence-electron chi connectivity index (χ0n) is 10.9. The van der Waals surface area contributed by atoms with Gasteiger partial charge in [0, 0.05) is 25.3 Å². The van der Waals surface area contributed by atoms with Crippen molar-refractivity contribution in [2.45, 2.75) is 19.9 Å². The minimum absolute atomic E-state index is 0.254. The average molecular weight is 236 g/mol. The molecule has 0 amide bonds. The van der Waals surface area contributed by atoms with Crippen LogP contribution >= 0.6 is 0 Å². The number of likely N-dealkylation sites (N-methyl/N-ethyl adjacent to an activating group) is 1. The van der Waals surface area contributed by atoms with Gasteiger partial charge >= 0.3 is 0 Å². The summed E-state index contributed by atoms with van der Waals surface area (Å²) in [5.41, 5.74) is 2.09. The number of ether oxygens (including phenoxy) is 1. The van der Waals surface area contributed by atoms with Crippen molar-refractivity contribution < 1.29 is 4.74 Å². The molecule has 1 aromatic rings. The molecular weight excluding hydrogens is 216 g/mol. The molecule has 0 bridgehead atoms. The Hall–Kier alpha value is -1.20. The van der Waals surface area contributed by atoms with Crippen LogP contribution in [-0.2, 0) is 0 Å². The van der Waals surface area contributed by atoms with Gasteiger partial charge in [0.2, 0.25) is 5.88 Å². The van der Waals surface area contributed by atoms with Gasteiger partial charge in [-0.15, -0.1) is 0 Å². The van der Waals surface area contributed by atoms with Gasteiger partial charge in [0.25, 0.3) is 0 Å². The van der Waals surface area contributed by atoms with Crippen molar-refractivity contribution in [3.63, 3.8) is 0 Å². The number of hydrogen-bond acceptors (Lipinski definition) is 5. The van der Waals surface area contributed by atoms with E-state index in [9.17, 15) is 0 Å². The van der Waals surface area contributed by atoms with E-state index in [-0.39, 0.29) is 6.04 Å². The lowest BCUT2D eigenvalue weighted by Gasteiger charge is -2.32. The highest BCUT2D eigenvalue weighted by atomic mass is 16.5. The highest BCUT2D eigenvalue weighted by Gasteiger charge is 2.24. The predicted octanol–water partition coefficient (Wildman–Crippen LogP) is 0.678. The van der Waals surface area contributed by atoms with Gasteiger partial charge < -0.3 is 15.0 Å². The van der Waals surface area contributed by atoms with Crippen LogP contribution in [0.3, 0.4) is 0 Å². The summed E-state index contributed by atoms with van der Waals surface area (Å²) in [6.45, 7) is 6.92. The van der Waals surface area contributed by atoms with Crippen LogP contribution < -0.4 is 10.1 Å².